The fraction of sp³-hybridized carbons (Fsp3) is 0.280. The Bertz CT molecular complexity index is 1650. The molecule has 0 spiro atoms. The van der Waals surface area contributed by atoms with Gasteiger partial charge in [-0.1, -0.05) is 0 Å². The first-order valence-electron chi connectivity index (χ1n) is 12.1. The Morgan fingerprint density at radius 2 is 1.59 bits per heavy atom. The number of imidazole rings is 1. The first-order valence-corrected chi connectivity index (χ1v) is 12.1. The van der Waals surface area contributed by atoms with E-state index in [4.69, 9.17) is 24.5 Å². The lowest BCUT2D eigenvalue weighted by atomic mass is 10.1. The normalized spacial score (nSPS) is 14.7. The molecule has 1 aliphatic rings. The predicted octanol–water partition coefficient (Wildman–Crippen LogP) is 3.98. The van der Waals surface area contributed by atoms with Crippen LogP contribution in [0.25, 0.3) is 16.7 Å². The van der Waals surface area contributed by atoms with Crippen molar-refractivity contribution in [3.8, 4) is 5.75 Å². The number of aromatic nitrogens is 4. The van der Waals surface area contributed by atoms with Crippen LogP contribution in [0.15, 0.2) is 43.0 Å². The molecule has 1 aromatic carbocycles. The molecule has 4 N–H and O–H groups in total. The van der Waals surface area contributed by atoms with Crippen molar-refractivity contribution in [3.05, 3.63) is 60.1 Å². The molecule has 3 aromatic heterocycles. The van der Waals surface area contributed by atoms with Crippen molar-refractivity contribution in [1.82, 2.24) is 24.7 Å². The zero-order valence-electron chi connectivity index (χ0n) is 22.2. The number of carbonyl (C=O) groups excluding carboxylic acids is 1. The van der Waals surface area contributed by atoms with Crippen LogP contribution in [-0.2, 0) is 9.59 Å². The largest absolute Gasteiger partial charge is 0.490 e. The van der Waals surface area contributed by atoms with Gasteiger partial charge in [-0.25, -0.2) is 23.9 Å². The number of aryl methyl sites for hydroxylation is 1. The Morgan fingerprint density at radius 3 is 2.14 bits per heavy atom. The van der Waals surface area contributed by atoms with Gasteiger partial charge < -0.3 is 30.0 Å². The second-order valence-corrected chi connectivity index (χ2v) is 8.85. The molecule has 12 nitrogen and oxygen atoms in total. The van der Waals surface area contributed by atoms with Gasteiger partial charge in [-0.2, -0.15) is 26.3 Å². The molecule has 44 heavy (non-hydrogen) atoms. The lowest BCUT2D eigenvalue weighted by Crippen LogP contribution is -2.21. The smallest absolute Gasteiger partial charge is 0.487 e. The van der Waals surface area contributed by atoms with Crippen LogP contribution in [-0.4, -0.2) is 79.0 Å². The Morgan fingerprint density at radius 1 is 1.00 bits per heavy atom. The van der Waals surface area contributed by atoms with E-state index in [-0.39, 0.29) is 11.8 Å². The van der Waals surface area contributed by atoms with Gasteiger partial charge in [0, 0.05) is 37.4 Å². The molecular weight excluding hydrogens is 613 g/mol. The van der Waals surface area contributed by atoms with Gasteiger partial charge in [0.15, 0.2) is 11.5 Å². The van der Waals surface area contributed by atoms with Crippen LogP contribution in [0.4, 0.5) is 36.4 Å². The Kier molecular flexibility index (Phi) is 10.2. The molecule has 0 aliphatic carbocycles. The second kappa shape index (κ2) is 13.5. The number of carboxylic acids is 2. The molecular formula is C25H21F7N6O6. The van der Waals surface area contributed by atoms with Crippen molar-refractivity contribution < 1.29 is 60.1 Å². The first-order chi connectivity index (χ1) is 20.5. The SMILES string of the molecule is Cc1cn2cc(NC(=O)c3ccc(O[C@@H]4CCNC4)c4nccnc34)cc(F)c2n1.O=C(O)C(F)(F)F.O=C(O)C(F)(F)F. The van der Waals surface area contributed by atoms with E-state index in [9.17, 15) is 35.5 Å². The van der Waals surface area contributed by atoms with Gasteiger partial charge in [0.05, 0.1) is 16.9 Å². The van der Waals surface area contributed by atoms with Crippen molar-refractivity contribution in [2.24, 2.45) is 0 Å². The molecule has 0 saturated carbocycles. The molecule has 4 aromatic rings. The number of nitrogens with zero attached hydrogens (tertiary/aromatic N) is 4. The molecule has 1 amide bonds. The Labute approximate surface area is 241 Å². The van der Waals surface area contributed by atoms with Gasteiger partial charge in [0.1, 0.15) is 22.9 Å². The van der Waals surface area contributed by atoms with E-state index in [2.05, 4.69) is 25.6 Å². The molecule has 4 heterocycles. The molecule has 1 atom stereocenters. The van der Waals surface area contributed by atoms with Gasteiger partial charge in [-0.15, -0.1) is 0 Å². The van der Waals surface area contributed by atoms with E-state index in [0.717, 1.165) is 19.5 Å². The van der Waals surface area contributed by atoms with Crippen molar-refractivity contribution in [2.45, 2.75) is 31.8 Å². The Balaban J connectivity index is 0.000000317. The molecule has 236 valence electrons. The number of nitrogens with one attached hydrogen (secondary N) is 2. The molecule has 0 bridgehead atoms. The summed E-state index contributed by atoms with van der Waals surface area (Å²) in [7, 11) is 0. The minimum atomic E-state index is -5.08. The summed E-state index contributed by atoms with van der Waals surface area (Å²) in [5.41, 5.74) is 2.49. The second-order valence-electron chi connectivity index (χ2n) is 8.85. The average molecular weight is 634 g/mol. The van der Waals surface area contributed by atoms with Crippen LogP contribution in [0.5, 0.6) is 5.75 Å². The van der Waals surface area contributed by atoms with E-state index < -0.39 is 36.0 Å². The van der Waals surface area contributed by atoms with Gasteiger partial charge in [-0.3, -0.25) is 9.78 Å². The highest BCUT2D eigenvalue weighted by Gasteiger charge is 2.38. The van der Waals surface area contributed by atoms with Gasteiger partial charge in [-0.05, 0) is 32.0 Å². The number of rotatable bonds is 4. The average Bonchev–Trinajstić information content (AvgIpc) is 3.57. The molecule has 1 saturated heterocycles. The monoisotopic (exact) mass is 634 g/mol. The van der Waals surface area contributed by atoms with Crippen molar-refractivity contribution in [1.29, 1.82) is 0 Å². The van der Waals surface area contributed by atoms with Crippen LogP contribution in [0.1, 0.15) is 22.5 Å². The summed E-state index contributed by atoms with van der Waals surface area (Å²) in [6.45, 7) is 3.46. The number of alkyl halides is 6. The summed E-state index contributed by atoms with van der Waals surface area (Å²) in [6.07, 6.45) is -2.79. The summed E-state index contributed by atoms with van der Waals surface area (Å²) >= 11 is 0. The number of aliphatic carboxylic acids is 2. The van der Waals surface area contributed by atoms with E-state index in [1.165, 1.54) is 12.3 Å². The zero-order chi connectivity index (χ0) is 32.8. The molecule has 0 radical (unpaired) electrons. The highest BCUT2D eigenvalue weighted by Crippen LogP contribution is 2.28. The van der Waals surface area contributed by atoms with Gasteiger partial charge in [0.25, 0.3) is 5.91 Å². The fourth-order valence-corrected chi connectivity index (χ4v) is 3.67. The maximum atomic E-state index is 14.3. The third-order valence-corrected chi connectivity index (χ3v) is 5.51. The maximum absolute atomic E-state index is 14.3. The summed E-state index contributed by atoms with van der Waals surface area (Å²) in [6, 6.07) is 4.63. The number of fused-ring (bicyclic) bond motifs is 2. The highest BCUT2D eigenvalue weighted by atomic mass is 19.4. The van der Waals surface area contributed by atoms with Crippen molar-refractivity contribution >= 4 is 40.2 Å². The van der Waals surface area contributed by atoms with Gasteiger partial charge >= 0.3 is 24.3 Å². The van der Waals surface area contributed by atoms with Crippen LogP contribution in [0.3, 0.4) is 0 Å². The molecule has 1 aliphatic heterocycles. The third kappa shape index (κ3) is 8.72. The van der Waals surface area contributed by atoms with Crippen LogP contribution < -0.4 is 15.4 Å². The van der Waals surface area contributed by atoms with Crippen LogP contribution in [0, 0.1) is 12.7 Å². The van der Waals surface area contributed by atoms with Crippen LogP contribution >= 0.6 is 0 Å². The molecule has 5 rings (SSSR count). The quantitative estimate of drug-likeness (QED) is 0.241. The predicted molar refractivity (Wildman–Crippen MR) is 137 cm³/mol. The topological polar surface area (TPSA) is 168 Å². The number of amides is 1. The number of anilines is 1. The minimum Gasteiger partial charge on any atom is -0.487 e. The minimum absolute atomic E-state index is 0.0585. The number of carboxylic acid groups (broad SMARTS) is 2. The number of ether oxygens (including phenoxy) is 1. The lowest BCUT2D eigenvalue weighted by Gasteiger charge is -2.15. The number of halogens is 7. The van der Waals surface area contributed by atoms with E-state index in [1.54, 1.807) is 42.0 Å². The number of hydrogen-bond donors (Lipinski definition) is 4. The fourth-order valence-electron chi connectivity index (χ4n) is 3.67. The maximum Gasteiger partial charge on any atom is 0.490 e. The number of hydrogen-bond acceptors (Lipinski definition) is 8. The zero-order valence-corrected chi connectivity index (χ0v) is 22.2. The third-order valence-electron chi connectivity index (χ3n) is 5.51. The van der Waals surface area contributed by atoms with Crippen molar-refractivity contribution in [2.75, 3.05) is 18.4 Å². The standard InChI is InChI=1S/C21H19FN6O2.2C2HF3O2/c1-12-10-28-11-13(8-16(22)20(28)26-12)27-21(29)15-2-3-17(30-14-4-5-23-9-14)19-18(15)24-6-7-25-19;2*3-2(4,5)1(6)7/h2-3,6-8,10-11,14,23H,4-5,9H2,1H3,(H,27,29);2*(H,6,7)/t14-;;/m1../s1. The summed E-state index contributed by atoms with van der Waals surface area (Å²) in [5.74, 6) is -5.85. The number of carbonyl (C=O) groups is 3. The number of pyridine rings is 1. The van der Waals surface area contributed by atoms with E-state index in [1.807, 2.05) is 0 Å². The van der Waals surface area contributed by atoms with Gasteiger partial charge in [0.2, 0.25) is 0 Å². The van der Waals surface area contributed by atoms with E-state index in [0.29, 0.717) is 33.7 Å². The van der Waals surface area contributed by atoms with Crippen LogP contribution in [0.2, 0.25) is 0 Å². The lowest BCUT2D eigenvalue weighted by molar-refractivity contribution is -0.193. The molecule has 0 unspecified atom stereocenters. The Hall–Kier alpha value is -5.07. The molecule has 1 fully saturated rings. The summed E-state index contributed by atoms with van der Waals surface area (Å²) in [4.78, 5) is 43.6. The van der Waals surface area contributed by atoms with Crippen molar-refractivity contribution in [3.63, 3.8) is 0 Å². The first kappa shape index (κ1) is 33.4. The number of benzene rings is 1. The molecule has 19 heteroatoms. The summed E-state index contributed by atoms with van der Waals surface area (Å²) in [5, 5.41) is 20.2. The summed E-state index contributed by atoms with van der Waals surface area (Å²) < 4.78 is 85.4. The van der Waals surface area contributed by atoms with E-state index >= 15 is 0 Å². The highest BCUT2D eigenvalue weighted by molar-refractivity contribution is 6.12.